The molecule has 0 spiro atoms. The third kappa shape index (κ3) is 3.96. The zero-order chi connectivity index (χ0) is 17.1. The first kappa shape index (κ1) is 17.6. The molecule has 1 fully saturated rings. The second kappa shape index (κ2) is 7.21. The van der Waals surface area contributed by atoms with Crippen molar-refractivity contribution in [2.24, 2.45) is 0 Å². The molecular weight excluding hydrogens is 333 g/mol. The van der Waals surface area contributed by atoms with Gasteiger partial charge in [0.25, 0.3) is 5.91 Å². The number of carbonyl (C=O) groups excluding carboxylic acids is 2. The lowest BCUT2D eigenvalue weighted by Gasteiger charge is -2.33. The highest BCUT2D eigenvalue weighted by molar-refractivity contribution is 6.30. The van der Waals surface area contributed by atoms with Crippen LogP contribution in [0.3, 0.4) is 0 Å². The maximum Gasteiger partial charge on any atom is 0.254 e. The first-order valence-electron chi connectivity index (χ1n) is 7.18. The molecule has 0 aromatic heterocycles. The van der Waals surface area contributed by atoms with Gasteiger partial charge in [-0.15, -0.1) is 11.6 Å². The molecule has 0 saturated carbocycles. The van der Waals surface area contributed by atoms with Crippen LogP contribution in [0.15, 0.2) is 12.1 Å². The Labute approximate surface area is 136 Å². The van der Waals surface area contributed by atoms with E-state index < -0.39 is 34.3 Å². The number of likely N-dealkylation sites (tertiary alicyclic amines) is 1. The Balaban J connectivity index is 1.96. The average molecular weight is 349 g/mol. The Morgan fingerprint density at radius 1 is 1.22 bits per heavy atom. The number of nitrogens with one attached hydrogen (secondary N) is 1. The maximum atomic E-state index is 13.6. The topological polar surface area (TPSA) is 49.4 Å². The summed E-state index contributed by atoms with van der Waals surface area (Å²) in [5.41, 5.74) is -0.545. The van der Waals surface area contributed by atoms with Gasteiger partial charge in [0.2, 0.25) is 5.91 Å². The molecule has 1 saturated heterocycles. The SMILES string of the molecule is CC(Cl)C(=O)N1CCC(NC(=O)c2ccc(F)c(F)c2F)CC1. The minimum atomic E-state index is -1.67. The molecule has 0 aliphatic carbocycles. The number of benzene rings is 1. The van der Waals surface area contributed by atoms with Crippen molar-refractivity contribution in [1.29, 1.82) is 0 Å². The molecule has 23 heavy (non-hydrogen) atoms. The van der Waals surface area contributed by atoms with Crippen LogP contribution < -0.4 is 5.32 Å². The fourth-order valence-corrected chi connectivity index (χ4v) is 2.60. The maximum absolute atomic E-state index is 13.6. The lowest BCUT2D eigenvalue weighted by molar-refractivity contribution is -0.131. The molecule has 126 valence electrons. The predicted molar refractivity (Wildman–Crippen MR) is 78.7 cm³/mol. The first-order chi connectivity index (χ1) is 10.8. The molecule has 1 N–H and O–H groups in total. The summed E-state index contributed by atoms with van der Waals surface area (Å²) in [6, 6.07) is 1.33. The Morgan fingerprint density at radius 2 is 1.83 bits per heavy atom. The zero-order valence-corrected chi connectivity index (χ0v) is 13.2. The lowest BCUT2D eigenvalue weighted by Crippen LogP contribution is -2.48. The molecular formula is C15H16ClF3N2O2. The van der Waals surface area contributed by atoms with Gasteiger partial charge in [-0.1, -0.05) is 0 Å². The molecule has 4 nitrogen and oxygen atoms in total. The number of hydrogen-bond acceptors (Lipinski definition) is 2. The normalized spacial score (nSPS) is 17.0. The van der Waals surface area contributed by atoms with E-state index >= 15 is 0 Å². The summed E-state index contributed by atoms with van der Waals surface area (Å²) in [6.07, 6.45) is 0.957. The van der Waals surface area contributed by atoms with E-state index in [9.17, 15) is 22.8 Å². The van der Waals surface area contributed by atoms with Crippen LogP contribution in [0, 0.1) is 17.5 Å². The van der Waals surface area contributed by atoms with Crippen LogP contribution in [0.4, 0.5) is 13.2 Å². The third-order valence-corrected chi connectivity index (χ3v) is 3.95. The number of alkyl halides is 1. The average Bonchev–Trinajstić information content (AvgIpc) is 2.52. The molecule has 1 unspecified atom stereocenters. The van der Waals surface area contributed by atoms with Gasteiger partial charge in [-0.25, -0.2) is 13.2 Å². The van der Waals surface area contributed by atoms with Crippen LogP contribution in [0.25, 0.3) is 0 Å². The lowest BCUT2D eigenvalue weighted by atomic mass is 10.0. The first-order valence-corrected chi connectivity index (χ1v) is 7.62. The molecule has 1 aliphatic heterocycles. The number of carbonyl (C=O) groups is 2. The fraction of sp³-hybridized carbons (Fsp3) is 0.467. The highest BCUT2D eigenvalue weighted by Gasteiger charge is 2.27. The van der Waals surface area contributed by atoms with E-state index in [1.165, 1.54) is 0 Å². The van der Waals surface area contributed by atoms with Crippen molar-refractivity contribution in [2.45, 2.75) is 31.2 Å². The quantitative estimate of drug-likeness (QED) is 0.674. The van der Waals surface area contributed by atoms with Gasteiger partial charge in [0, 0.05) is 19.1 Å². The van der Waals surface area contributed by atoms with Crippen molar-refractivity contribution in [1.82, 2.24) is 10.2 Å². The molecule has 1 atom stereocenters. The highest BCUT2D eigenvalue weighted by atomic mass is 35.5. The van der Waals surface area contributed by atoms with E-state index in [0.717, 1.165) is 6.07 Å². The molecule has 2 rings (SSSR count). The Bertz CT molecular complexity index is 617. The van der Waals surface area contributed by atoms with Crippen molar-refractivity contribution >= 4 is 23.4 Å². The molecule has 0 bridgehead atoms. The molecule has 1 aromatic carbocycles. The van der Waals surface area contributed by atoms with E-state index in [2.05, 4.69) is 5.32 Å². The van der Waals surface area contributed by atoms with Crippen LogP contribution >= 0.6 is 11.6 Å². The minimum absolute atomic E-state index is 0.178. The Hall–Kier alpha value is -1.76. The van der Waals surface area contributed by atoms with E-state index in [0.29, 0.717) is 32.0 Å². The van der Waals surface area contributed by atoms with Gasteiger partial charge in [-0.3, -0.25) is 9.59 Å². The van der Waals surface area contributed by atoms with E-state index in [1.54, 1.807) is 11.8 Å². The second-order valence-corrected chi connectivity index (χ2v) is 6.07. The molecule has 1 aliphatic rings. The smallest absolute Gasteiger partial charge is 0.254 e. The van der Waals surface area contributed by atoms with Gasteiger partial charge < -0.3 is 10.2 Å². The standard InChI is InChI=1S/C15H16ClF3N2O2/c1-8(16)15(23)21-6-4-9(5-7-21)20-14(22)10-2-3-11(17)13(19)12(10)18/h2-3,8-9H,4-7H2,1H3,(H,20,22). The van der Waals surface area contributed by atoms with Crippen molar-refractivity contribution in [2.75, 3.05) is 13.1 Å². The van der Waals surface area contributed by atoms with E-state index in [4.69, 9.17) is 11.6 Å². The summed E-state index contributed by atoms with van der Waals surface area (Å²) in [5, 5.41) is 1.96. The van der Waals surface area contributed by atoms with Crippen molar-refractivity contribution in [3.05, 3.63) is 35.1 Å². The number of hydrogen-bond donors (Lipinski definition) is 1. The highest BCUT2D eigenvalue weighted by Crippen LogP contribution is 2.17. The van der Waals surface area contributed by atoms with E-state index in [1.807, 2.05) is 0 Å². The zero-order valence-electron chi connectivity index (χ0n) is 12.4. The Kier molecular flexibility index (Phi) is 5.51. The summed E-state index contributed by atoms with van der Waals surface area (Å²) in [7, 11) is 0. The van der Waals surface area contributed by atoms with Gasteiger partial charge >= 0.3 is 0 Å². The summed E-state index contributed by atoms with van der Waals surface area (Å²) in [6.45, 7) is 2.42. The van der Waals surface area contributed by atoms with Gasteiger partial charge in [0.1, 0.15) is 5.38 Å². The predicted octanol–water partition coefficient (Wildman–Crippen LogP) is 2.45. The Morgan fingerprint density at radius 3 is 2.39 bits per heavy atom. The van der Waals surface area contributed by atoms with Crippen LogP contribution in [0.1, 0.15) is 30.1 Å². The van der Waals surface area contributed by atoms with Gasteiger partial charge in [-0.05, 0) is 31.9 Å². The molecule has 2 amide bonds. The second-order valence-electron chi connectivity index (χ2n) is 5.41. The molecule has 8 heteroatoms. The van der Waals surface area contributed by atoms with Crippen molar-refractivity contribution in [3.8, 4) is 0 Å². The molecule has 1 aromatic rings. The summed E-state index contributed by atoms with van der Waals surface area (Å²) in [5.74, 6) is -5.51. The van der Waals surface area contributed by atoms with Crippen LogP contribution in [-0.2, 0) is 4.79 Å². The molecule has 1 heterocycles. The number of halogens is 4. The summed E-state index contributed by atoms with van der Waals surface area (Å²) >= 11 is 5.74. The monoisotopic (exact) mass is 348 g/mol. The van der Waals surface area contributed by atoms with Crippen molar-refractivity contribution < 1.29 is 22.8 Å². The van der Waals surface area contributed by atoms with Crippen LogP contribution in [0.2, 0.25) is 0 Å². The molecule has 0 radical (unpaired) electrons. The largest absolute Gasteiger partial charge is 0.349 e. The number of rotatable bonds is 3. The third-order valence-electron chi connectivity index (χ3n) is 3.76. The fourth-order valence-electron chi connectivity index (χ4n) is 2.46. The number of piperidine rings is 1. The minimum Gasteiger partial charge on any atom is -0.349 e. The summed E-state index contributed by atoms with van der Waals surface area (Å²) < 4.78 is 39.6. The van der Waals surface area contributed by atoms with Gasteiger partial charge in [0.05, 0.1) is 5.56 Å². The van der Waals surface area contributed by atoms with Gasteiger partial charge in [0.15, 0.2) is 17.5 Å². The van der Waals surface area contributed by atoms with Crippen LogP contribution in [-0.4, -0.2) is 41.2 Å². The van der Waals surface area contributed by atoms with Gasteiger partial charge in [-0.2, -0.15) is 0 Å². The number of nitrogens with zero attached hydrogens (tertiary/aromatic N) is 1. The number of amides is 2. The van der Waals surface area contributed by atoms with Crippen molar-refractivity contribution in [3.63, 3.8) is 0 Å². The summed E-state index contributed by atoms with van der Waals surface area (Å²) in [4.78, 5) is 25.3. The van der Waals surface area contributed by atoms with Crippen LogP contribution in [0.5, 0.6) is 0 Å². The van der Waals surface area contributed by atoms with E-state index in [-0.39, 0.29) is 11.9 Å².